The summed E-state index contributed by atoms with van der Waals surface area (Å²) in [5.74, 6) is 0.483. The fourth-order valence-electron chi connectivity index (χ4n) is 2.89. The van der Waals surface area contributed by atoms with Gasteiger partial charge in [0.25, 0.3) is 5.69 Å². The minimum atomic E-state index is -0.996. The van der Waals surface area contributed by atoms with E-state index < -0.39 is 10.5 Å². The Bertz CT molecular complexity index is 1030. The van der Waals surface area contributed by atoms with E-state index >= 15 is 0 Å². The van der Waals surface area contributed by atoms with Crippen LogP contribution in [-0.4, -0.2) is 21.6 Å². The maximum absolute atomic E-state index is 10.9. The normalized spacial score (nSPS) is 12.9. The van der Waals surface area contributed by atoms with Gasteiger partial charge in [0.2, 0.25) is 0 Å². The third-order valence-corrected chi connectivity index (χ3v) is 4.44. The van der Waals surface area contributed by atoms with Crippen molar-refractivity contribution in [2.45, 2.75) is 18.9 Å². The fourth-order valence-corrected chi connectivity index (χ4v) is 2.89. The van der Waals surface area contributed by atoms with Gasteiger partial charge in [-0.3, -0.25) is 10.1 Å². The highest BCUT2D eigenvalue weighted by Gasteiger charge is 2.22. The predicted molar refractivity (Wildman–Crippen MR) is 102 cm³/mol. The molecule has 0 aliphatic heterocycles. The van der Waals surface area contributed by atoms with E-state index in [4.69, 9.17) is 0 Å². The van der Waals surface area contributed by atoms with Crippen LogP contribution in [0.25, 0.3) is 10.9 Å². The average molecular weight is 362 g/mol. The molecule has 0 spiro atoms. The number of hydrogen-bond donors (Lipinski definition) is 2. The highest BCUT2D eigenvalue weighted by Crippen LogP contribution is 2.26. The van der Waals surface area contributed by atoms with Gasteiger partial charge in [-0.1, -0.05) is 30.3 Å². The molecule has 0 saturated heterocycles. The number of pyridine rings is 1. The van der Waals surface area contributed by atoms with E-state index in [-0.39, 0.29) is 5.69 Å². The van der Waals surface area contributed by atoms with E-state index in [1.54, 1.807) is 13.0 Å². The second-order valence-corrected chi connectivity index (χ2v) is 6.44. The Hall–Kier alpha value is -3.50. The minimum Gasteiger partial charge on any atom is -0.385 e. The molecule has 0 fully saturated rings. The molecule has 0 aliphatic rings. The van der Waals surface area contributed by atoms with Gasteiger partial charge < -0.3 is 10.4 Å². The Morgan fingerprint density at radius 3 is 2.67 bits per heavy atom. The lowest BCUT2D eigenvalue weighted by atomic mass is 9.93. The number of benzene rings is 2. The summed E-state index contributed by atoms with van der Waals surface area (Å²) in [4.78, 5) is 14.8. The maximum Gasteiger partial charge on any atom is 0.270 e. The molecule has 2 aromatic carbocycles. The van der Waals surface area contributed by atoms with Crippen LogP contribution < -0.4 is 5.32 Å². The van der Waals surface area contributed by atoms with Gasteiger partial charge >= 0.3 is 0 Å². The van der Waals surface area contributed by atoms with Crippen molar-refractivity contribution < 1.29 is 10.0 Å². The molecule has 7 heteroatoms. The fraction of sp³-hybridized carbons (Fsp3) is 0.200. The van der Waals surface area contributed by atoms with Gasteiger partial charge in [-0.2, -0.15) is 5.26 Å². The molecule has 7 nitrogen and oxygen atoms in total. The Morgan fingerprint density at radius 1 is 1.26 bits per heavy atom. The predicted octanol–water partition coefficient (Wildman–Crippen LogP) is 3.72. The summed E-state index contributed by atoms with van der Waals surface area (Å²) in [5, 5.41) is 34.5. The lowest BCUT2D eigenvalue weighted by Gasteiger charge is -2.24. The monoisotopic (exact) mass is 362 g/mol. The third-order valence-electron chi connectivity index (χ3n) is 4.44. The first kappa shape index (κ1) is 18.3. The molecule has 0 aliphatic carbocycles. The quantitative estimate of drug-likeness (QED) is 0.510. The Kier molecular flexibility index (Phi) is 5.01. The van der Waals surface area contributed by atoms with E-state index in [0.29, 0.717) is 35.2 Å². The minimum absolute atomic E-state index is 0.0829. The van der Waals surface area contributed by atoms with Crippen molar-refractivity contribution >= 4 is 22.4 Å². The molecule has 1 aromatic heterocycles. The van der Waals surface area contributed by atoms with Gasteiger partial charge in [-0.15, -0.1) is 0 Å². The van der Waals surface area contributed by atoms with Crippen LogP contribution in [0, 0.1) is 21.4 Å². The maximum atomic E-state index is 10.9. The average Bonchev–Trinajstić information content (AvgIpc) is 2.67. The molecule has 0 saturated carbocycles. The van der Waals surface area contributed by atoms with E-state index in [1.165, 1.54) is 18.2 Å². The lowest BCUT2D eigenvalue weighted by molar-refractivity contribution is -0.384. The molecular formula is C20H18N4O3. The zero-order chi connectivity index (χ0) is 19.4. The first-order valence-corrected chi connectivity index (χ1v) is 8.42. The molecule has 1 atom stereocenters. The number of rotatable bonds is 6. The lowest BCUT2D eigenvalue weighted by Crippen LogP contribution is -2.24. The summed E-state index contributed by atoms with van der Waals surface area (Å²) < 4.78 is 0. The second-order valence-electron chi connectivity index (χ2n) is 6.44. The Balaban J connectivity index is 1.79. The first-order chi connectivity index (χ1) is 12.9. The summed E-state index contributed by atoms with van der Waals surface area (Å²) in [5.41, 5.74) is 0.547. The molecule has 0 amide bonds. The van der Waals surface area contributed by atoms with Gasteiger partial charge in [-0.05, 0) is 31.0 Å². The van der Waals surface area contributed by atoms with Crippen LogP contribution in [0.3, 0.4) is 0 Å². The first-order valence-electron chi connectivity index (χ1n) is 8.42. The van der Waals surface area contributed by atoms with Gasteiger partial charge in [0, 0.05) is 24.1 Å². The van der Waals surface area contributed by atoms with Crippen LogP contribution in [0.4, 0.5) is 11.5 Å². The van der Waals surface area contributed by atoms with Crippen molar-refractivity contribution in [3.63, 3.8) is 0 Å². The number of anilines is 1. The van der Waals surface area contributed by atoms with Crippen LogP contribution in [0.1, 0.15) is 24.5 Å². The largest absolute Gasteiger partial charge is 0.385 e. The molecule has 27 heavy (non-hydrogen) atoms. The van der Waals surface area contributed by atoms with Gasteiger partial charge in [-0.25, -0.2) is 4.98 Å². The molecule has 0 radical (unpaired) electrons. The van der Waals surface area contributed by atoms with Crippen molar-refractivity contribution in [1.29, 1.82) is 5.26 Å². The number of nitro groups is 1. The number of aromatic nitrogens is 1. The SMILES string of the molecule is CC(O)(CCNc1cc(C#N)c2cc([N+](=O)[O-])ccc2n1)c1ccccc1. The van der Waals surface area contributed by atoms with Crippen LogP contribution in [0.5, 0.6) is 0 Å². The van der Waals surface area contributed by atoms with Crippen molar-refractivity contribution in [3.8, 4) is 6.07 Å². The molecule has 136 valence electrons. The number of aliphatic hydroxyl groups is 1. The number of nitrogens with zero attached hydrogens (tertiary/aromatic N) is 3. The zero-order valence-electron chi connectivity index (χ0n) is 14.7. The topological polar surface area (TPSA) is 112 Å². The van der Waals surface area contributed by atoms with Crippen LogP contribution in [0.15, 0.2) is 54.6 Å². The number of nitro benzene ring substituents is 1. The van der Waals surface area contributed by atoms with Crippen molar-refractivity contribution in [1.82, 2.24) is 4.98 Å². The van der Waals surface area contributed by atoms with Crippen LogP contribution >= 0.6 is 0 Å². The molecule has 0 bridgehead atoms. The summed E-state index contributed by atoms with van der Waals surface area (Å²) in [7, 11) is 0. The van der Waals surface area contributed by atoms with E-state index in [0.717, 1.165) is 5.56 Å². The smallest absolute Gasteiger partial charge is 0.270 e. The molecule has 2 N–H and O–H groups in total. The van der Waals surface area contributed by atoms with Gasteiger partial charge in [0.15, 0.2) is 0 Å². The van der Waals surface area contributed by atoms with Crippen LogP contribution in [0.2, 0.25) is 0 Å². The van der Waals surface area contributed by atoms with E-state index in [9.17, 15) is 20.5 Å². The van der Waals surface area contributed by atoms with Gasteiger partial charge in [0.05, 0.1) is 27.7 Å². The summed E-state index contributed by atoms with van der Waals surface area (Å²) >= 11 is 0. The molecule has 1 unspecified atom stereocenters. The number of fused-ring (bicyclic) bond motifs is 1. The Labute approximate surface area is 156 Å². The second kappa shape index (κ2) is 7.40. The zero-order valence-corrected chi connectivity index (χ0v) is 14.7. The standard InChI is InChI=1S/C20H18N4O3/c1-20(25,15-5-3-2-4-6-15)9-10-22-19-11-14(13-21)17-12-16(24(26)27)7-8-18(17)23-19/h2-8,11-12,25H,9-10H2,1H3,(H,22,23). The summed E-state index contributed by atoms with van der Waals surface area (Å²) in [6.45, 7) is 2.19. The Morgan fingerprint density at radius 2 is 2.00 bits per heavy atom. The summed E-state index contributed by atoms with van der Waals surface area (Å²) in [6, 6.07) is 17.2. The van der Waals surface area contributed by atoms with E-state index in [2.05, 4.69) is 16.4 Å². The molecule has 1 heterocycles. The molecular weight excluding hydrogens is 344 g/mol. The highest BCUT2D eigenvalue weighted by molar-refractivity contribution is 5.88. The van der Waals surface area contributed by atoms with Crippen molar-refractivity contribution in [2.24, 2.45) is 0 Å². The summed E-state index contributed by atoms with van der Waals surface area (Å²) in [6.07, 6.45) is 0.443. The highest BCUT2D eigenvalue weighted by atomic mass is 16.6. The molecule has 3 rings (SSSR count). The number of non-ortho nitro benzene ring substituents is 1. The number of nitrogens with one attached hydrogen (secondary N) is 1. The number of nitriles is 1. The van der Waals surface area contributed by atoms with Gasteiger partial charge in [0.1, 0.15) is 5.82 Å². The van der Waals surface area contributed by atoms with Crippen molar-refractivity contribution in [3.05, 3.63) is 75.8 Å². The van der Waals surface area contributed by atoms with Crippen LogP contribution in [-0.2, 0) is 5.60 Å². The molecule has 3 aromatic rings. The third kappa shape index (κ3) is 4.02. The number of hydrogen-bond acceptors (Lipinski definition) is 6. The van der Waals surface area contributed by atoms with Crippen molar-refractivity contribution in [2.75, 3.05) is 11.9 Å². The van der Waals surface area contributed by atoms with E-state index in [1.807, 2.05) is 30.3 Å².